The Hall–Kier alpha value is -1.31. The number of Topliss-reactive ketones (excluding diaryl/α,β-unsaturated/α-hetero) is 1. The van der Waals surface area contributed by atoms with Crippen LogP contribution >= 0.6 is 0 Å². The maximum atomic E-state index is 12.2. The molecule has 0 spiro atoms. The number of ether oxygens (including phenoxy) is 1. The van der Waals surface area contributed by atoms with Crippen molar-refractivity contribution >= 4 is 5.78 Å². The lowest BCUT2D eigenvalue weighted by molar-refractivity contribution is 0.0924. The second-order valence-electron chi connectivity index (χ2n) is 5.59. The highest BCUT2D eigenvalue weighted by atomic mass is 16.5. The standard InChI is InChI=1S/C15H22O2/c1-11(15(2,3)4)10-13(16)12-8-6-7-9-14(12)17-5/h6-9,11H,10H2,1-5H3. The molecule has 0 saturated carbocycles. The SMILES string of the molecule is COc1ccccc1C(=O)CC(C)C(C)(C)C. The summed E-state index contributed by atoms with van der Waals surface area (Å²) in [6, 6.07) is 7.41. The molecule has 0 aromatic heterocycles. The first-order chi connectivity index (χ1) is 7.86. The maximum absolute atomic E-state index is 12.2. The van der Waals surface area contributed by atoms with Gasteiger partial charge in [-0.3, -0.25) is 4.79 Å². The number of hydrogen-bond acceptors (Lipinski definition) is 2. The van der Waals surface area contributed by atoms with Crippen LogP contribution in [0.5, 0.6) is 5.75 Å². The minimum absolute atomic E-state index is 0.150. The molecule has 17 heavy (non-hydrogen) atoms. The molecule has 1 aromatic rings. The zero-order valence-electron chi connectivity index (χ0n) is 11.4. The molecule has 0 saturated heterocycles. The lowest BCUT2D eigenvalue weighted by atomic mass is 9.78. The fourth-order valence-corrected chi connectivity index (χ4v) is 1.57. The van der Waals surface area contributed by atoms with Gasteiger partial charge in [-0.15, -0.1) is 0 Å². The molecule has 2 heteroatoms. The van der Waals surface area contributed by atoms with Crippen molar-refractivity contribution in [1.29, 1.82) is 0 Å². The molecule has 0 bridgehead atoms. The van der Waals surface area contributed by atoms with Gasteiger partial charge in [-0.05, 0) is 23.5 Å². The van der Waals surface area contributed by atoms with Crippen molar-refractivity contribution in [3.8, 4) is 5.75 Å². The summed E-state index contributed by atoms with van der Waals surface area (Å²) in [5.74, 6) is 1.17. The van der Waals surface area contributed by atoms with E-state index in [4.69, 9.17) is 4.74 Å². The third-order valence-corrected chi connectivity index (χ3v) is 3.38. The Labute approximate surface area is 104 Å². The molecule has 1 rings (SSSR count). The Morgan fingerprint density at radius 3 is 2.41 bits per heavy atom. The van der Waals surface area contributed by atoms with Gasteiger partial charge >= 0.3 is 0 Å². The van der Waals surface area contributed by atoms with Gasteiger partial charge in [-0.1, -0.05) is 39.8 Å². The Balaban J connectivity index is 2.84. The molecule has 0 radical (unpaired) electrons. The molecule has 0 N–H and O–H groups in total. The van der Waals surface area contributed by atoms with Gasteiger partial charge in [0.2, 0.25) is 0 Å². The second kappa shape index (κ2) is 5.35. The summed E-state index contributed by atoms with van der Waals surface area (Å²) in [5.41, 5.74) is 0.837. The van der Waals surface area contributed by atoms with Gasteiger partial charge in [0.15, 0.2) is 5.78 Å². The van der Waals surface area contributed by atoms with Crippen molar-refractivity contribution in [2.75, 3.05) is 7.11 Å². The van der Waals surface area contributed by atoms with Crippen molar-refractivity contribution in [2.45, 2.75) is 34.1 Å². The highest BCUT2D eigenvalue weighted by Gasteiger charge is 2.24. The monoisotopic (exact) mass is 234 g/mol. The van der Waals surface area contributed by atoms with E-state index in [0.29, 0.717) is 23.7 Å². The van der Waals surface area contributed by atoms with Gasteiger partial charge in [0.25, 0.3) is 0 Å². The molecule has 1 aromatic carbocycles. The van der Waals surface area contributed by atoms with Crippen molar-refractivity contribution in [1.82, 2.24) is 0 Å². The van der Waals surface area contributed by atoms with E-state index in [0.717, 1.165) is 0 Å². The molecule has 0 amide bonds. The van der Waals surface area contributed by atoms with Gasteiger partial charge in [-0.25, -0.2) is 0 Å². The second-order valence-corrected chi connectivity index (χ2v) is 5.59. The van der Waals surface area contributed by atoms with E-state index < -0.39 is 0 Å². The van der Waals surface area contributed by atoms with E-state index in [1.165, 1.54) is 0 Å². The van der Waals surface area contributed by atoms with Crippen molar-refractivity contribution in [2.24, 2.45) is 11.3 Å². The number of para-hydroxylation sites is 1. The fourth-order valence-electron chi connectivity index (χ4n) is 1.57. The third kappa shape index (κ3) is 3.58. The van der Waals surface area contributed by atoms with Crippen LogP contribution in [0, 0.1) is 11.3 Å². The normalized spacial score (nSPS) is 13.2. The average Bonchev–Trinajstić information content (AvgIpc) is 2.27. The molecule has 94 valence electrons. The van der Waals surface area contributed by atoms with Crippen LogP contribution in [-0.4, -0.2) is 12.9 Å². The molecule has 2 nitrogen and oxygen atoms in total. The van der Waals surface area contributed by atoms with Gasteiger partial charge in [0, 0.05) is 6.42 Å². The minimum atomic E-state index is 0.150. The summed E-state index contributed by atoms with van der Waals surface area (Å²) in [6.07, 6.45) is 0.559. The Kier molecular flexibility index (Phi) is 4.33. The van der Waals surface area contributed by atoms with Gasteiger partial charge < -0.3 is 4.74 Å². The molecule has 0 aliphatic carbocycles. The van der Waals surface area contributed by atoms with E-state index >= 15 is 0 Å². The summed E-state index contributed by atoms with van der Waals surface area (Å²) in [6.45, 7) is 8.60. The Morgan fingerprint density at radius 1 is 1.29 bits per heavy atom. The van der Waals surface area contributed by atoms with Gasteiger partial charge in [-0.2, -0.15) is 0 Å². The van der Waals surface area contributed by atoms with Crippen LogP contribution in [0.4, 0.5) is 0 Å². The molecule has 1 unspecified atom stereocenters. The number of ketones is 1. The molecule has 0 aliphatic rings. The lowest BCUT2D eigenvalue weighted by Gasteiger charge is -2.26. The van der Waals surface area contributed by atoms with Crippen LogP contribution in [0.15, 0.2) is 24.3 Å². The number of carbonyl (C=O) groups is 1. The zero-order valence-corrected chi connectivity index (χ0v) is 11.4. The van der Waals surface area contributed by atoms with E-state index in [1.54, 1.807) is 7.11 Å². The van der Waals surface area contributed by atoms with Crippen LogP contribution in [0.25, 0.3) is 0 Å². The molecular weight excluding hydrogens is 212 g/mol. The fraction of sp³-hybridized carbons (Fsp3) is 0.533. The first-order valence-corrected chi connectivity index (χ1v) is 6.02. The molecule has 0 aliphatic heterocycles. The van der Waals surface area contributed by atoms with Gasteiger partial charge in [0.1, 0.15) is 5.75 Å². The highest BCUT2D eigenvalue weighted by molar-refractivity contribution is 5.98. The smallest absolute Gasteiger partial charge is 0.166 e. The maximum Gasteiger partial charge on any atom is 0.166 e. The van der Waals surface area contributed by atoms with E-state index in [2.05, 4.69) is 27.7 Å². The minimum Gasteiger partial charge on any atom is -0.496 e. The van der Waals surface area contributed by atoms with Crippen LogP contribution in [0.3, 0.4) is 0 Å². The Morgan fingerprint density at radius 2 is 1.88 bits per heavy atom. The van der Waals surface area contributed by atoms with Crippen LogP contribution in [0.1, 0.15) is 44.5 Å². The van der Waals surface area contributed by atoms with Crippen molar-refractivity contribution in [3.05, 3.63) is 29.8 Å². The molecule has 1 atom stereocenters. The largest absolute Gasteiger partial charge is 0.496 e. The van der Waals surface area contributed by atoms with Crippen LogP contribution < -0.4 is 4.74 Å². The summed E-state index contributed by atoms with van der Waals surface area (Å²) >= 11 is 0. The number of rotatable bonds is 4. The number of carbonyl (C=O) groups excluding carboxylic acids is 1. The number of hydrogen-bond donors (Lipinski definition) is 0. The van der Waals surface area contributed by atoms with Gasteiger partial charge in [0.05, 0.1) is 12.7 Å². The van der Waals surface area contributed by atoms with Crippen molar-refractivity contribution < 1.29 is 9.53 Å². The van der Waals surface area contributed by atoms with E-state index in [1.807, 2.05) is 24.3 Å². The first-order valence-electron chi connectivity index (χ1n) is 6.02. The summed E-state index contributed by atoms with van der Waals surface area (Å²) in [4.78, 5) is 12.2. The topological polar surface area (TPSA) is 26.3 Å². The summed E-state index contributed by atoms with van der Waals surface area (Å²) in [7, 11) is 1.60. The summed E-state index contributed by atoms with van der Waals surface area (Å²) < 4.78 is 5.21. The average molecular weight is 234 g/mol. The van der Waals surface area contributed by atoms with Crippen LogP contribution in [-0.2, 0) is 0 Å². The highest BCUT2D eigenvalue weighted by Crippen LogP contribution is 2.30. The van der Waals surface area contributed by atoms with E-state index in [-0.39, 0.29) is 11.2 Å². The van der Waals surface area contributed by atoms with Crippen molar-refractivity contribution in [3.63, 3.8) is 0 Å². The zero-order chi connectivity index (χ0) is 13.1. The first kappa shape index (κ1) is 13.8. The quantitative estimate of drug-likeness (QED) is 0.737. The van der Waals surface area contributed by atoms with E-state index in [9.17, 15) is 4.79 Å². The number of methoxy groups -OCH3 is 1. The molecule has 0 fully saturated rings. The van der Waals surface area contributed by atoms with Crippen LogP contribution in [0.2, 0.25) is 0 Å². The summed E-state index contributed by atoms with van der Waals surface area (Å²) in [5, 5.41) is 0. The number of benzene rings is 1. The lowest BCUT2D eigenvalue weighted by Crippen LogP contribution is -2.20. The molecular formula is C15H22O2. The third-order valence-electron chi connectivity index (χ3n) is 3.38. The molecule has 0 heterocycles. The Bertz CT molecular complexity index is 388. The predicted molar refractivity (Wildman–Crippen MR) is 70.6 cm³/mol. The predicted octanol–water partition coefficient (Wildman–Crippen LogP) is 3.95.